The highest BCUT2D eigenvalue weighted by Gasteiger charge is 2.24. The van der Waals surface area contributed by atoms with Crippen LogP contribution < -0.4 is 5.32 Å². The third-order valence-electron chi connectivity index (χ3n) is 3.91. The van der Waals surface area contributed by atoms with E-state index in [0.29, 0.717) is 6.04 Å². The molecule has 1 unspecified atom stereocenters. The molecule has 0 amide bonds. The summed E-state index contributed by atoms with van der Waals surface area (Å²) >= 11 is 14.2. The Balaban J connectivity index is 1.80. The van der Waals surface area contributed by atoms with E-state index in [-0.39, 0.29) is 6.04 Å². The second kappa shape index (κ2) is 6.07. The molecule has 0 aliphatic heterocycles. The fourth-order valence-corrected chi connectivity index (χ4v) is 4.60. The van der Waals surface area contributed by atoms with Crippen LogP contribution in [0.1, 0.15) is 47.9 Å². The second-order valence-electron chi connectivity index (χ2n) is 5.28. The van der Waals surface area contributed by atoms with Crippen molar-refractivity contribution in [2.45, 2.75) is 38.3 Å². The molecule has 1 aromatic heterocycles. The van der Waals surface area contributed by atoms with E-state index in [1.54, 1.807) is 11.3 Å². The van der Waals surface area contributed by atoms with Crippen molar-refractivity contribution in [3.05, 3.63) is 55.7 Å². The van der Waals surface area contributed by atoms with Crippen molar-refractivity contribution in [2.24, 2.45) is 0 Å². The Morgan fingerprint density at radius 2 is 2.10 bits per heavy atom. The maximum atomic E-state index is 6.28. The molecule has 0 spiro atoms. The predicted molar refractivity (Wildman–Crippen MR) is 88.0 cm³/mol. The predicted octanol–water partition coefficient (Wildman–Crippen LogP) is 5.78. The third kappa shape index (κ3) is 2.89. The number of fused-ring (bicyclic) bond motifs is 1. The van der Waals surface area contributed by atoms with Crippen molar-refractivity contribution in [3.8, 4) is 0 Å². The number of aryl methyl sites for hydroxylation is 1. The Hall–Kier alpha value is -0.540. The molecule has 1 heterocycles. The number of benzene rings is 1. The van der Waals surface area contributed by atoms with Crippen LogP contribution in [0.5, 0.6) is 0 Å². The van der Waals surface area contributed by atoms with Crippen molar-refractivity contribution in [1.82, 2.24) is 5.32 Å². The summed E-state index contributed by atoms with van der Waals surface area (Å²) in [6.45, 7) is 2.17. The first-order valence-electron chi connectivity index (χ1n) is 6.93. The smallest absolute Gasteiger partial charge is 0.0934 e. The molecule has 1 aliphatic rings. The Labute approximate surface area is 133 Å². The molecule has 3 rings (SSSR count). The fraction of sp³-hybridized carbons (Fsp3) is 0.375. The Bertz CT molecular complexity index is 608. The zero-order valence-electron chi connectivity index (χ0n) is 11.3. The van der Waals surface area contributed by atoms with Crippen molar-refractivity contribution < 1.29 is 0 Å². The first-order chi connectivity index (χ1) is 9.65. The summed E-state index contributed by atoms with van der Waals surface area (Å²) in [6.07, 6.45) is 3.54. The summed E-state index contributed by atoms with van der Waals surface area (Å²) in [5.74, 6) is 0. The maximum Gasteiger partial charge on any atom is 0.0934 e. The molecule has 0 saturated carbocycles. The number of hydrogen-bond acceptors (Lipinski definition) is 2. The standard InChI is InChI=1S/C16H17Cl2NS/c1-10(11-5-2-3-6-13(11)17)19-14-7-4-8-15-12(14)9-16(18)20-15/h2-3,5-6,9-10,14,19H,4,7-8H2,1H3/t10-,14?/m1/s1. The maximum absolute atomic E-state index is 6.28. The highest BCUT2D eigenvalue weighted by atomic mass is 35.5. The largest absolute Gasteiger partial charge is 0.303 e. The van der Waals surface area contributed by atoms with Gasteiger partial charge in [-0.05, 0) is 49.4 Å². The molecule has 0 saturated heterocycles. The van der Waals surface area contributed by atoms with Gasteiger partial charge >= 0.3 is 0 Å². The number of hydrogen-bond donors (Lipinski definition) is 1. The quantitative estimate of drug-likeness (QED) is 0.753. The van der Waals surface area contributed by atoms with E-state index >= 15 is 0 Å². The average Bonchev–Trinajstić information content (AvgIpc) is 2.80. The molecule has 20 heavy (non-hydrogen) atoms. The summed E-state index contributed by atoms with van der Waals surface area (Å²) in [7, 11) is 0. The van der Waals surface area contributed by atoms with E-state index in [2.05, 4.69) is 24.4 Å². The summed E-state index contributed by atoms with van der Waals surface area (Å²) in [5, 5.41) is 4.53. The van der Waals surface area contributed by atoms with Gasteiger partial charge in [-0.2, -0.15) is 0 Å². The molecule has 1 aromatic carbocycles. The van der Waals surface area contributed by atoms with Gasteiger partial charge < -0.3 is 5.32 Å². The average molecular weight is 326 g/mol. The third-order valence-corrected chi connectivity index (χ3v) is 5.59. The monoisotopic (exact) mass is 325 g/mol. The first-order valence-corrected chi connectivity index (χ1v) is 8.51. The van der Waals surface area contributed by atoms with E-state index in [1.807, 2.05) is 18.2 Å². The van der Waals surface area contributed by atoms with Gasteiger partial charge in [0.15, 0.2) is 0 Å². The lowest BCUT2D eigenvalue weighted by atomic mass is 9.93. The molecule has 106 valence electrons. The highest BCUT2D eigenvalue weighted by molar-refractivity contribution is 7.16. The SMILES string of the molecule is C[C@@H](NC1CCCc2sc(Cl)cc21)c1ccccc1Cl. The summed E-state index contributed by atoms with van der Waals surface area (Å²) in [6, 6.07) is 10.8. The molecule has 1 N–H and O–H groups in total. The molecule has 0 fully saturated rings. The molecule has 2 aromatic rings. The van der Waals surface area contributed by atoms with Crippen LogP contribution in [-0.2, 0) is 6.42 Å². The minimum absolute atomic E-state index is 0.235. The number of thiophene rings is 1. The van der Waals surface area contributed by atoms with Gasteiger partial charge in [0.1, 0.15) is 0 Å². The van der Waals surface area contributed by atoms with Crippen molar-refractivity contribution in [2.75, 3.05) is 0 Å². The lowest BCUT2D eigenvalue weighted by Crippen LogP contribution is -2.27. The van der Waals surface area contributed by atoms with E-state index in [0.717, 1.165) is 27.8 Å². The van der Waals surface area contributed by atoms with Gasteiger partial charge in [-0.25, -0.2) is 0 Å². The van der Waals surface area contributed by atoms with Crippen LogP contribution in [-0.4, -0.2) is 0 Å². The first kappa shape index (κ1) is 14.4. The lowest BCUT2D eigenvalue weighted by molar-refractivity contribution is 0.418. The van der Waals surface area contributed by atoms with Gasteiger partial charge in [0.05, 0.1) is 4.34 Å². The highest BCUT2D eigenvalue weighted by Crippen LogP contribution is 2.39. The van der Waals surface area contributed by atoms with Gasteiger partial charge in [0.2, 0.25) is 0 Å². The van der Waals surface area contributed by atoms with Crippen LogP contribution in [0.4, 0.5) is 0 Å². The Morgan fingerprint density at radius 1 is 1.30 bits per heavy atom. The number of nitrogens with one attached hydrogen (secondary N) is 1. The zero-order valence-corrected chi connectivity index (χ0v) is 13.7. The van der Waals surface area contributed by atoms with Crippen LogP contribution >= 0.6 is 34.5 Å². The van der Waals surface area contributed by atoms with Crippen LogP contribution in [0.15, 0.2) is 30.3 Å². The van der Waals surface area contributed by atoms with Crippen molar-refractivity contribution >= 4 is 34.5 Å². The summed E-state index contributed by atoms with van der Waals surface area (Å²) in [5.41, 5.74) is 2.53. The minimum Gasteiger partial charge on any atom is -0.303 e. The Kier molecular flexibility index (Phi) is 4.37. The van der Waals surface area contributed by atoms with Gasteiger partial charge in [0.25, 0.3) is 0 Å². The normalized spacial score (nSPS) is 19.6. The van der Waals surface area contributed by atoms with Gasteiger partial charge in [-0.1, -0.05) is 41.4 Å². The van der Waals surface area contributed by atoms with Gasteiger partial charge in [-0.15, -0.1) is 11.3 Å². The van der Waals surface area contributed by atoms with Gasteiger partial charge in [-0.3, -0.25) is 0 Å². The van der Waals surface area contributed by atoms with Gasteiger partial charge in [0, 0.05) is 22.0 Å². The molecule has 0 bridgehead atoms. The number of halogens is 2. The molecular formula is C16H17Cl2NS. The Morgan fingerprint density at radius 3 is 2.90 bits per heavy atom. The molecule has 2 atom stereocenters. The van der Waals surface area contributed by atoms with E-state index < -0.39 is 0 Å². The molecule has 1 aliphatic carbocycles. The van der Waals surface area contributed by atoms with Crippen LogP contribution in [0.25, 0.3) is 0 Å². The number of rotatable bonds is 3. The van der Waals surface area contributed by atoms with Crippen molar-refractivity contribution in [1.29, 1.82) is 0 Å². The fourth-order valence-electron chi connectivity index (χ4n) is 2.91. The van der Waals surface area contributed by atoms with Crippen LogP contribution in [0, 0.1) is 0 Å². The van der Waals surface area contributed by atoms with E-state index in [9.17, 15) is 0 Å². The lowest BCUT2D eigenvalue weighted by Gasteiger charge is -2.27. The summed E-state index contributed by atoms with van der Waals surface area (Å²) in [4.78, 5) is 1.44. The molecule has 1 nitrogen and oxygen atoms in total. The van der Waals surface area contributed by atoms with E-state index in [1.165, 1.54) is 16.9 Å². The van der Waals surface area contributed by atoms with Crippen LogP contribution in [0.3, 0.4) is 0 Å². The topological polar surface area (TPSA) is 12.0 Å². The second-order valence-corrected chi connectivity index (χ2v) is 7.46. The zero-order chi connectivity index (χ0) is 14.1. The molecule has 0 radical (unpaired) electrons. The van der Waals surface area contributed by atoms with Crippen LogP contribution in [0.2, 0.25) is 9.36 Å². The minimum atomic E-state index is 0.235. The summed E-state index contributed by atoms with van der Waals surface area (Å²) < 4.78 is 0.897. The molecule has 4 heteroatoms. The molecular weight excluding hydrogens is 309 g/mol. The van der Waals surface area contributed by atoms with Crippen molar-refractivity contribution in [3.63, 3.8) is 0 Å². The van der Waals surface area contributed by atoms with E-state index in [4.69, 9.17) is 23.2 Å².